The van der Waals surface area contributed by atoms with Crippen LogP contribution in [0.5, 0.6) is 0 Å². The zero-order chi connectivity index (χ0) is 12.2. The van der Waals surface area contributed by atoms with Gasteiger partial charge in [0.05, 0.1) is 11.8 Å². The standard InChI is InChI=1S/C13H22N2O/c1-5-7-8-13(3,6-2)12(16)11-9-14-15(4)10-11/h9-10H,5-8H2,1-4H3. The van der Waals surface area contributed by atoms with Crippen molar-refractivity contribution in [2.24, 2.45) is 12.5 Å². The Morgan fingerprint density at radius 3 is 2.62 bits per heavy atom. The van der Waals surface area contributed by atoms with Crippen LogP contribution >= 0.6 is 0 Å². The van der Waals surface area contributed by atoms with Gasteiger partial charge in [0.15, 0.2) is 5.78 Å². The first kappa shape index (κ1) is 12.9. The Balaban J connectivity index is 2.83. The molecule has 0 radical (unpaired) electrons. The summed E-state index contributed by atoms with van der Waals surface area (Å²) >= 11 is 0. The summed E-state index contributed by atoms with van der Waals surface area (Å²) < 4.78 is 1.68. The van der Waals surface area contributed by atoms with Gasteiger partial charge in [0.25, 0.3) is 0 Å². The zero-order valence-electron chi connectivity index (χ0n) is 10.8. The quantitative estimate of drug-likeness (QED) is 0.693. The van der Waals surface area contributed by atoms with Gasteiger partial charge in [-0.2, -0.15) is 5.10 Å². The Morgan fingerprint density at radius 1 is 1.50 bits per heavy atom. The predicted molar refractivity (Wildman–Crippen MR) is 65.5 cm³/mol. The molecule has 3 heteroatoms. The van der Waals surface area contributed by atoms with Crippen LogP contribution in [0.4, 0.5) is 0 Å². The van der Waals surface area contributed by atoms with Crippen molar-refractivity contribution >= 4 is 5.78 Å². The first-order valence-electron chi connectivity index (χ1n) is 6.07. The van der Waals surface area contributed by atoms with Crippen LogP contribution in [0.15, 0.2) is 12.4 Å². The second-order valence-corrected chi connectivity index (χ2v) is 4.75. The van der Waals surface area contributed by atoms with Crippen molar-refractivity contribution < 1.29 is 4.79 Å². The zero-order valence-corrected chi connectivity index (χ0v) is 10.8. The molecule has 1 aromatic rings. The number of nitrogens with zero attached hydrogens (tertiary/aromatic N) is 2. The summed E-state index contributed by atoms with van der Waals surface area (Å²) in [5, 5.41) is 4.06. The van der Waals surface area contributed by atoms with Gasteiger partial charge in [-0.3, -0.25) is 9.48 Å². The minimum Gasteiger partial charge on any atom is -0.293 e. The fourth-order valence-corrected chi connectivity index (χ4v) is 1.90. The Morgan fingerprint density at radius 2 is 2.19 bits per heavy atom. The first-order valence-corrected chi connectivity index (χ1v) is 6.07. The van der Waals surface area contributed by atoms with E-state index in [-0.39, 0.29) is 11.2 Å². The van der Waals surface area contributed by atoms with E-state index in [4.69, 9.17) is 0 Å². The molecule has 0 fully saturated rings. The molecule has 0 aromatic carbocycles. The fourth-order valence-electron chi connectivity index (χ4n) is 1.90. The molecule has 0 amide bonds. The maximum Gasteiger partial charge on any atom is 0.171 e. The van der Waals surface area contributed by atoms with Crippen LogP contribution in [0.3, 0.4) is 0 Å². The highest BCUT2D eigenvalue weighted by Gasteiger charge is 2.31. The van der Waals surface area contributed by atoms with E-state index in [2.05, 4.69) is 25.9 Å². The van der Waals surface area contributed by atoms with Gasteiger partial charge in [0.2, 0.25) is 0 Å². The summed E-state index contributed by atoms with van der Waals surface area (Å²) in [5.74, 6) is 0.233. The van der Waals surface area contributed by atoms with Crippen molar-refractivity contribution in [2.75, 3.05) is 0 Å². The van der Waals surface area contributed by atoms with Gasteiger partial charge in [-0.15, -0.1) is 0 Å². The SMILES string of the molecule is CCCCC(C)(CC)C(=O)c1cnn(C)c1. The molecule has 0 saturated heterocycles. The Hall–Kier alpha value is -1.12. The van der Waals surface area contributed by atoms with Gasteiger partial charge in [0.1, 0.15) is 0 Å². The lowest BCUT2D eigenvalue weighted by Gasteiger charge is -2.25. The molecule has 0 aliphatic heterocycles. The number of ketones is 1. The monoisotopic (exact) mass is 222 g/mol. The van der Waals surface area contributed by atoms with Gasteiger partial charge in [0, 0.05) is 18.7 Å². The normalized spacial score (nSPS) is 14.8. The summed E-state index contributed by atoms with van der Waals surface area (Å²) in [6.45, 7) is 6.31. The number of hydrogen-bond donors (Lipinski definition) is 0. The van der Waals surface area contributed by atoms with Crippen molar-refractivity contribution in [3.63, 3.8) is 0 Å². The van der Waals surface area contributed by atoms with Crippen molar-refractivity contribution in [3.05, 3.63) is 18.0 Å². The molecule has 0 bridgehead atoms. The summed E-state index contributed by atoms with van der Waals surface area (Å²) in [4.78, 5) is 12.4. The molecule has 3 nitrogen and oxygen atoms in total. The molecule has 0 aliphatic rings. The van der Waals surface area contributed by atoms with Gasteiger partial charge in [-0.1, -0.05) is 33.6 Å². The molecule has 0 spiro atoms. The molecule has 16 heavy (non-hydrogen) atoms. The lowest BCUT2D eigenvalue weighted by molar-refractivity contribution is 0.0791. The largest absolute Gasteiger partial charge is 0.293 e. The van der Waals surface area contributed by atoms with Crippen molar-refractivity contribution in [1.82, 2.24) is 9.78 Å². The molecule has 1 rings (SSSR count). The third-order valence-electron chi connectivity index (χ3n) is 3.38. The molecule has 0 N–H and O–H groups in total. The smallest absolute Gasteiger partial charge is 0.171 e. The van der Waals surface area contributed by atoms with E-state index < -0.39 is 0 Å². The number of rotatable bonds is 6. The van der Waals surface area contributed by atoms with Crippen LogP contribution in [0.25, 0.3) is 0 Å². The molecule has 0 saturated carbocycles. The highest BCUT2D eigenvalue weighted by atomic mass is 16.1. The van der Waals surface area contributed by atoms with Crippen LogP contribution in [0.2, 0.25) is 0 Å². The summed E-state index contributed by atoms with van der Waals surface area (Å²) in [6, 6.07) is 0. The maximum absolute atomic E-state index is 12.4. The number of aromatic nitrogens is 2. The highest BCUT2D eigenvalue weighted by Crippen LogP contribution is 2.32. The molecule has 1 atom stereocenters. The van der Waals surface area contributed by atoms with E-state index in [0.29, 0.717) is 0 Å². The average Bonchev–Trinajstić information content (AvgIpc) is 2.71. The Bertz CT molecular complexity index is 357. The van der Waals surface area contributed by atoms with Gasteiger partial charge >= 0.3 is 0 Å². The van der Waals surface area contributed by atoms with Crippen molar-refractivity contribution in [2.45, 2.75) is 46.5 Å². The number of unbranched alkanes of at least 4 members (excludes halogenated alkanes) is 1. The number of Topliss-reactive ketones (excluding diaryl/α,β-unsaturated/α-hetero) is 1. The average molecular weight is 222 g/mol. The number of hydrogen-bond acceptors (Lipinski definition) is 2. The molecule has 1 heterocycles. The van der Waals surface area contributed by atoms with Gasteiger partial charge in [-0.25, -0.2) is 0 Å². The Labute approximate surface area is 97.8 Å². The summed E-state index contributed by atoms with van der Waals surface area (Å²) in [6.07, 6.45) is 7.57. The highest BCUT2D eigenvalue weighted by molar-refractivity contribution is 5.99. The van der Waals surface area contributed by atoms with E-state index in [1.165, 1.54) is 0 Å². The summed E-state index contributed by atoms with van der Waals surface area (Å²) in [7, 11) is 1.84. The van der Waals surface area contributed by atoms with Gasteiger partial charge < -0.3 is 0 Å². The van der Waals surface area contributed by atoms with Crippen LogP contribution in [0, 0.1) is 5.41 Å². The minimum absolute atomic E-state index is 0.223. The number of aryl methyl sites for hydroxylation is 1. The van der Waals surface area contributed by atoms with Crippen molar-refractivity contribution in [1.29, 1.82) is 0 Å². The fraction of sp³-hybridized carbons (Fsp3) is 0.692. The second kappa shape index (κ2) is 5.28. The molecule has 1 aromatic heterocycles. The lowest BCUT2D eigenvalue weighted by Crippen LogP contribution is -2.27. The third kappa shape index (κ3) is 2.71. The van der Waals surface area contributed by atoms with Crippen LogP contribution in [0.1, 0.15) is 56.8 Å². The van der Waals surface area contributed by atoms with E-state index >= 15 is 0 Å². The molecular weight excluding hydrogens is 200 g/mol. The van der Waals surface area contributed by atoms with E-state index in [0.717, 1.165) is 31.2 Å². The predicted octanol–water partition coefficient (Wildman–Crippen LogP) is 3.21. The Kier molecular flexibility index (Phi) is 4.27. The molecule has 1 unspecified atom stereocenters. The second-order valence-electron chi connectivity index (χ2n) is 4.75. The van der Waals surface area contributed by atoms with Crippen LogP contribution in [-0.4, -0.2) is 15.6 Å². The lowest BCUT2D eigenvalue weighted by atomic mass is 9.76. The van der Waals surface area contributed by atoms with Crippen molar-refractivity contribution in [3.8, 4) is 0 Å². The van der Waals surface area contributed by atoms with E-state index in [1.54, 1.807) is 10.9 Å². The minimum atomic E-state index is -0.223. The van der Waals surface area contributed by atoms with Crippen LogP contribution < -0.4 is 0 Å². The molecule has 0 aliphatic carbocycles. The van der Waals surface area contributed by atoms with E-state index in [1.807, 2.05) is 13.2 Å². The van der Waals surface area contributed by atoms with Crippen LogP contribution in [-0.2, 0) is 7.05 Å². The number of carbonyl (C=O) groups excluding carboxylic acids is 1. The maximum atomic E-state index is 12.4. The first-order chi connectivity index (χ1) is 7.53. The number of carbonyl (C=O) groups is 1. The third-order valence-corrected chi connectivity index (χ3v) is 3.38. The molecule has 90 valence electrons. The van der Waals surface area contributed by atoms with E-state index in [9.17, 15) is 4.79 Å². The van der Waals surface area contributed by atoms with Gasteiger partial charge in [-0.05, 0) is 12.8 Å². The summed E-state index contributed by atoms with van der Waals surface area (Å²) in [5.41, 5.74) is 0.516. The topological polar surface area (TPSA) is 34.9 Å². The molecular formula is C13H22N2O.